The van der Waals surface area contributed by atoms with Gasteiger partial charge in [0.25, 0.3) is 0 Å². The molecule has 16 nitrogen and oxygen atoms in total. The van der Waals surface area contributed by atoms with Gasteiger partial charge in [0.05, 0.1) is 26.4 Å². The van der Waals surface area contributed by atoms with Gasteiger partial charge in [-0.1, -0.05) is 97.1 Å². The Hall–Kier alpha value is -9.18. The predicted octanol–water partition coefficient (Wildman–Crippen LogP) is 9.43. The number of hydrogen-bond acceptors (Lipinski definition) is 14. The number of hydrogen-bond donors (Lipinski definition) is 2. The minimum absolute atomic E-state index is 0.0499. The smallest absolute Gasteiger partial charge is 0.344 e. The molecule has 2 amide bonds. The second kappa shape index (κ2) is 28.6. The van der Waals surface area contributed by atoms with Crippen molar-refractivity contribution in [2.45, 2.75) is 53.4 Å². The van der Waals surface area contributed by atoms with Crippen LogP contribution in [-0.4, -0.2) is 88.5 Å². The number of carbonyl (C=O) groups excluding carboxylic acids is 6. The van der Waals surface area contributed by atoms with Gasteiger partial charge in [-0.05, 0) is 97.5 Å². The summed E-state index contributed by atoms with van der Waals surface area (Å²) >= 11 is 0. The number of fused-ring (bicyclic) bond motifs is 8. The molecule has 1 aliphatic rings. The first-order chi connectivity index (χ1) is 37.9. The van der Waals surface area contributed by atoms with Gasteiger partial charge in [-0.25, -0.2) is 19.2 Å². The Morgan fingerprint density at radius 1 is 0.372 bits per heavy atom. The topological polar surface area (TPSA) is 200 Å². The van der Waals surface area contributed by atoms with Crippen LogP contribution in [0, 0.1) is 0 Å². The molecular formula is C62H62N2O14. The highest BCUT2D eigenvalue weighted by Crippen LogP contribution is 2.41. The molecule has 404 valence electrons. The molecule has 0 heterocycles. The lowest BCUT2D eigenvalue weighted by molar-refractivity contribution is -0.146. The van der Waals surface area contributed by atoms with Crippen LogP contribution in [0.15, 0.2) is 133 Å². The average Bonchev–Trinajstić information content (AvgIpc) is 3.42. The summed E-state index contributed by atoms with van der Waals surface area (Å²) in [5, 5.41) is 6.02. The van der Waals surface area contributed by atoms with Gasteiger partial charge >= 0.3 is 23.9 Å². The second-order valence-electron chi connectivity index (χ2n) is 17.6. The van der Waals surface area contributed by atoms with Crippen molar-refractivity contribution in [3.05, 3.63) is 189 Å². The fourth-order valence-electron chi connectivity index (χ4n) is 8.75. The van der Waals surface area contributed by atoms with Crippen molar-refractivity contribution in [3.8, 4) is 23.0 Å². The van der Waals surface area contributed by atoms with Crippen LogP contribution in [0.5, 0.6) is 23.0 Å². The Balaban J connectivity index is 1.47. The molecule has 8 bridgehead atoms. The molecule has 0 fully saturated rings. The number of carbonyl (C=O) groups is 6. The third kappa shape index (κ3) is 16.4. The lowest BCUT2D eigenvalue weighted by Crippen LogP contribution is -2.19. The highest BCUT2D eigenvalue weighted by molar-refractivity contribution is 6.03. The number of benzene rings is 6. The van der Waals surface area contributed by atoms with Gasteiger partial charge in [0.15, 0.2) is 26.4 Å². The molecule has 7 rings (SSSR count). The summed E-state index contributed by atoms with van der Waals surface area (Å²) in [6.07, 6.45) is 6.43. The molecule has 1 aliphatic carbocycles. The predicted molar refractivity (Wildman–Crippen MR) is 294 cm³/mol. The quantitative estimate of drug-likeness (QED) is 0.0369. The Morgan fingerprint density at radius 3 is 0.910 bits per heavy atom. The number of anilines is 2. The van der Waals surface area contributed by atoms with Crippen LogP contribution < -0.4 is 29.6 Å². The first-order valence-corrected chi connectivity index (χ1v) is 25.7. The molecule has 0 unspecified atom stereocenters. The van der Waals surface area contributed by atoms with Gasteiger partial charge in [0.1, 0.15) is 23.0 Å². The van der Waals surface area contributed by atoms with E-state index in [0.717, 1.165) is 11.1 Å². The van der Waals surface area contributed by atoms with Crippen molar-refractivity contribution < 1.29 is 66.7 Å². The molecule has 0 saturated carbocycles. The number of esters is 4. The summed E-state index contributed by atoms with van der Waals surface area (Å²) < 4.78 is 47.0. The summed E-state index contributed by atoms with van der Waals surface area (Å²) in [5.74, 6) is -2.15. The maximum atomic E-state index is 13.7. The van der Waals surface area contributed by atoms with Crippen molar-refractivity contribution in [2.75, 3.05) is 63.5 Å². The highest BCUT2D eigenvalue weighted by Gasteiger charge is 2.25. The van der Waals surface area contributed by atoms with Crippen LogP contribution in [0.2, 0.25) is 0 Å². The summed E-state index contributed by atoms with van der Waals surface area (Å²) in [6, 6.07) is 36.6. The lowest BCUT2D eigenvalue weighted by Gasteiger charge is -2.23. The molecule has 0 radical (unpaired) electrons. The molecular weight excluding hydrogens is 997 g/mol. The van der Waals surface area contributed by atoms with E-state index in [1.54, 1.807) is 64.1 Å². The largest absolute Gasteiger partial charge is 0.481 e. The van der Waals surface area contributed by atoms with Crippen molar-refractivity contribution in [1.82, 2.24) is 0 Å². The maximum Gasteiger partial charge on any atom is 0.344 e. The molecule has 0 aromatic heterocycles. The number of amides is 2. The van der Waals surface area contributed by atoms with Crippen LogP contribution >= 0.6 is 0 Å². The molecule has 16 heteroatoms. The Morgan fingerprint density at radius 2 is 0.641 bits per heavy atom. The molecule has 0 spiro atoms. The standard InChI is InChI=1S/C62H62N2O14/c1-5-71-55(67)37-75-59-43-21-15-22-44(59)30-48-34-52(64-54(66)28-26-42-19-13-10-14-20-42)36-50(62(48)78-40-58(70)74-8-4)32-46-24-16-23-45(60(46)76-38-56(68)72-6-2)31-49-35-51(63-53(65)27-25-41-17-11-9-12-18-41)33-47(29-43)61(49)77-39-57(69)73-7-3/h9-28,33-36H,5-8,29-32,37-40H2,1-4H3,(H,63,65)(H,64,66)/b27-25+,28-26+. The first kappa shape index (κ1) is 56.5. The van der Waals surface area contributed by atoms with Gasteiger partial charge in [-0.3, -0.25) is 9.59 Å². The summed E-state index contributed by atoms with van der Waals surface area (Å²) in [6.45, 7) is 5.33. The van der Waals surface area contributed by atoms with Crippen LogP contribution in [-0.2, 0) is 73.4 Å². The number of nitrogens with one attached hydrogen (secondary N) is 2. The van der Waals surface area contributed by atoms with Gasteiger partial charge in [-0.2, -0.15) is 0 Å². The third-order valence-corrected chi connectivity index (χ3v) is 11.9. The fourth-order valence-corrected chi connectivity index (χ4v) is 8.75. The van der Waals surface area contributed by atoms with E-state index in [2.05, 4.69) is 10.6 Å². The summed E-state index contributed by atoms with van der Waals surface area (Å²) in [5.41, 5.74) is 6.67. The minimum Gasteiger partial charge on any atom is -0.481 e. The maximum absolute atomic E-state index is 13.7. The van der Waals surface area contributed by atoms with E-state index in [0.29, 0.717) is 67.4 Å². The number of para-hydroxylation sites is 2. The van der Waals surface area contributed by atoms with Crippen LogP contribution in [0.3, 0.4) is 0 Å². The van der Waals surface area contributed by atoms with Crippen molar-refractivity contribution >= 4 is 59.2 Å². The Kier molecular flexibility index (Phi) is 20.8. The summed E-state index contributed by atoms with van der Waals surface area (Å²) in [7, 11) is 0. The first-order valence-electron chi connectivity index (χ1n) is 25.7. The van der Waals surface area contributed by atoms with Crippen molar-refractivity contribution in [1.29, 1.82) is 0 Å². The second-order valence-corrected chi connectivity index (χ2v) is 17.6. The summed E-state index contributed by atoms with van der Waals surface area (Å²) in [4.78, 5) is 79.8. The van der Waals surface area contributed by atoms with Gasteiger partial charge in [0.2, 0.25) is 11.8 Å². The molecule has 0 aliphatic heterocycles. The van der Waals surface area contributed by atoms with E-state index in [1.807, 2.05) is 97.1 Å². The molecule has 0 saturated heterocycles. The van der Waals surface area contributed by atoms with Crippen molar-refractivity contribution in [2.24, 2.45) is 0 Å². The zero-order valence-corrected chi connectivity index (χ0v) is 44.1. The monoisotopic (exact) mass is 1060 g/mol. The molecule has 6 aromatic carbocycles. The third-order valence-electron chi connectivity index (χ3n) is 11.9. The highest BCUT2D eigenvalue weighted by atomic mass is 16.6. The Labute approximate surface area is 453 Å². The normalized spacial score (nSPS) is 11.7. The van der Waals surface area contributed by atoms with E-state index in [1.165, 1.54) is 12.2 Å². The van der Waals surface area contributed by atoms with E-state index in [9.17, 15) is 28.8 Å². The minimum atomic E-state index is -0.620. The van der Waals surface area contributed by atoms with E-state index >= 15 is 0 Å². The SMILES string of the molecule is CCOC(=O)COc1c2cccc1Cc1cc(NC(=O)/C=C/c3ccccc3)cc(c1OCC(=O)OCC)Cc1cccc(c1OCC(=O)OCC)Cc1cc(NC(=O)/C=C/c3ccccc3)cc(c1OCC(=O)OCC)C2. The molecule has 0 atom stereocenters. The molecule has 6 aromatic rings. The fraction of sp³-hybridized carbons (Fsp3) is 0.258. The number of rotatable bonds is 22. The van der Waals surface area contributed by atoms with E-state index in [-0.39, 0.29) is 63.6 Å². The van der Waals surface area contributed by atoms with Gasteiger partial charge in [-0.15, -0.1) is 0 Å². The average molecular weight is 1060 g/mol. The van der Waals surface area contributed by atoms with Crippen molar-refractivity contribution in [3.63, 3.8) is 0 Å². The van der Waals surface area contributed by atoms with E-state index < -0.39 is 62.1 Å². The van der Waals surface area contributed by atoms with E-state index in [4.69, 9.17) is 37.9 Å². The Bertz CT molecular complexity index is 2850. The molecule has 2 N–H and O–H groups in total. The van der Waals surface area contributed by atoms with Crippen LogP contribution in [0.4, 0.5) is 11.4 Å². The lowest BCUT2D eigenvalue weighted by atomic mass is 9.90. The van der Waals surface area contributed by atoms with Gasteiger partial charge in [0, 0.05) is 71.5 Å². The zero-order valence-electron chi connectivity index (χ0n) is 44.1. The van der Waals surface area contributed by atoms with Crippen LogP contribution in [0.1, 0.15) is 83.3 Å². The van der Waals surface area contributed by atoms with Crippen LogP contribution in [0.25, 0.3) is 12.2 Å². The molecule has 78 heavy (non-hydrogen) atoms. The van der Waals surface area contributed by atoms with Gasteiger partial charge < -0.3 is 48.5 Å². The number of ether oxygens (including phenoxy) is 8. The zero-order chi connectivity index (χ0) is 55.2.